The number of rotatable bonds is 5. The number of hydrogen-bond donors (Lipinski definition) is 2. The summed E-state index contributed by atoms with van der Waals surface area (Å²) in [5.74, 6) is -0.948. The average molecular weight is 230 g/mol. The number of carboxylic acids is 1. The maximum atomic E-state index is 10.9. The van der Waals surface area contributed by atoms with Gasteiger partial charge in [0.05, 0.1) is 6.10 Å². The van der Waals surface area contributed by atoms with Crippen molar-refractivity contribution < 1.29 is 14.6 Å². The van der Waals surface area contributed by atoms with Gasteiger partial charge in [0, 0.05) is 19.2 Å². The van der Waals surface area contributed by atoms with E-state index in [0.29, 0.717) is 19.0 Å². The fourth-order valence-corrected chi connectivity index (χ4v) is 1.98. The second-order valence-corrected chi connectivity index (χ2v) is 4.89. The van der Waals surface area contributed by atoms with Gasteiger partial charge in [0.1, 0.15) is 5.54 Å². The van der Waals surface area contributed by atoms with Gasteiger partial charge in [-0.25, -0.2) is 0 Å². The average Bonchev–Trinajstić information content (AvgIpc) is 2.61. The van der Waals surface area contributed by atoms with Gasteiger partial charge in [-0.15, -0.1) is 0 Å². The summed E-state index contributed by atoms with van der Waals surface area (Å²) < 4.78 is 5.48. The quantitative estimate of drug-likeness (QED) is 0.710. The van der Waals surface area contributed by atoms with Crippen molar-refractivity contribution in [2.45, 2.75) is 44.4 Å². The molecule has 1 aliphatic rings. The van der Waals surface area contributed by atoms with E-state index in [9.17, 15) is 4.79 Å². The number of ether oxygens (including phenoxy) is 1. The number of nitrogens with two attached hydrogens (primary N) is 1. The summed E-state index contributed by atoms with van der Waals surface area (Å²) in [6.45, 7) is 5.07. The van der Waals surface area contributed by atoms with E-state index in [4.69, 9.17) is 15.6 Å². The lowest BCUT2D eigenvalue weighted by molar-refractivity contribution is -0.143. The normalized spacial score (nSPS) is 29.3. The zero-order chi connectivity index (χ0) is 12.3. The molecule has 1 saturated heterocycles. The first-order valence-corrected chi connectivity index (χ1v) is 5.68. The SMILES string of the molecule is CC1OCCC1N(C)CCC(C)(N)C(=O)O. The van der Waals surface area contributed by atoms with Gasteiger partial charge in [0.2, 0.25) is 0 Å². The van der Waals surface area contributed by atoms with Gasteiger partial charge in [0.25, 0.3) is 0 Å². The molecule has 0 aromatic rings. The second-order valence-electron chi connectivity index (χ2n) is 4.89. The summed E-state index contributed by atoms with van der Waals surface area (Å²) >= 11 is 0. The molecule has 3 unspecified atom stereocenters. The van der Waals surface area contributed by atoms with Gasteiger partial charge < -0.3 is 20.5 Å². The summed E-state index contributed by atoms with van der Waals surface area (Å²) in [6, 6.07) is 0.379. The minimum absolute atomic E-state index is 0.221. The minimum Gasteiger partial charge on any atom is -0.480 e. The van der Waals surface area contributed by atoms with Crippen LogP contribution in [0.2, 0.25) is 0 Å². The van der Waals surface area contributed by atoms with Crippen LogP contribution in [-0.2, 0) is 9.53 Å². The molecule has 0 amide bonds. The topological polar surface area (TPSA) is 75.8 Å². The third-order valence-corrected chi connectivity index (χ3v) is 3.37. The van der Waals surface area contributed by atoms with Crippen LogP contribution in [0, 0.1) is 0 Å². The number of hydrogen-bond acceptors (Lipinski definition) is 4. The zero-order valence-electron chi connectivity index (χ0n) is 10.3. The Balaban J connectivity index is 2.40. The molecule has 0 aromatic carbocycles. The molecule has 1 fully saturated rings. The molecule has 5 heteroatoms. The fourth-order valence-electron chi connectivity index (χ4n) is 1.98. The first-order chi connectivity index (χ1) is 7.34. The van der Waals surface area contributed by atoms with Crippen LogP contribution in [0.1, 0.15) is 26.7 Å². The van der Waals surface area contributed by atoms with Crippen LogP contribution in [0.15, 0.2) is 0 Å². The van der Waals surface area contributed by atoms with E-state index in [-0.39, 0.29) is 6.10 Å². The summed E-state index contributed by atoms with van der Waals surface area (Å²) in [6.07, 6.45) is 1.67. The lowest BCUT2D eigenvalue weighted by Gasteiger charge is -2.29. The van der Waals surface area contributed by atoms with E-state index in [1.54, 1.807) is 6.92 Å². The molecule has 16 heavy (non-hydrogen) atoms. The number of carboxylic acid groups (broad SMARTS) is 1. The fraction of sp³-hybridized carbons (Fsp3) is 0.909. The molecule has 1 heterocycles. The van der Waals surface area contributed by atoms with Crippen molar-refractivity contribution in [2.24, 2.45) is 5.73 Å². The molecule has 5 nitrogen and oxygen atoms in total. The first-order valence-electron chi connectivity index (χ1n) is 5.68. The molecule has 0 spiro atoms. The molecule has 0 aliphatic carbocycles. The maximum absolute atomic E-state index is 10.9. The highest BCUT2D eigenvalue weighted by molar-refractivity contribution is 5.77. The van der Waals surface area contributed by atoms with Crippen LogP contribution in [0.5, 0.6) is 0 Å². The van der Waals surface area contributed by atoms with E-state index < -0.39 is 11.5 Å². The summed E-state index contributed by atoms with van der Waals surface area (Å²) in [5, 5.41) is 8.90. The van der Waals surface area contributed by atoms with Crippen molar-refractivity contribution >= 4 is 5.97 Å². The Bertz CT molecular complexity index is 256. The van der Waals surface area contributed by atoms with Crippen LogP contribution < -0.4 is 5.73 Å². The highest BCUT2D eigenvalue weighted by Gasteiger charge is 2.31. The molecular formula is C11H22N2O3. The van der Waals surface area contributed by atoms with Crippen molar-refractivity contribution in [2.75, 3.05) is 20.2 Å². The summed E-state index contributed by atoms with van der Waals surface area (Å²) in [7, 11) is 1.99. The first kappa shape index (κ1) is 13.4. The Hall–Kier alpha value is -0.650. The van der Waals surface area contributed by atoms with Gasteiger partial charge in [-0.1, -0.05) is 0 Å². The van der Waals surface area contributed by atoms with Gasteiger partial charge in [0.15, 0.2) is 0 Å². The van der Waals surface area contributed by atoms with Gasteiger partial charge in [-0.05, 0) is 33.7 Å². The van der Waals surface area contributed by atoms with Crippen molar-refractivity contribution in [3.05, 3.63) is 0 Å². The van der Waals surface area contributed by atoms with Crippen molar-refractivity contribution in [1.29, 1.82) is 0 Å². The lowest BCUT2D eigenvalue weighted by atomic mass is 9.98. The molecule has 0 bridgehead atoms. The van der Waals surface area contributed by atoms with E-state index >= 15 is 0 Å². The third-order valence-electron chi connectivity index (χ3n) is 3.37. The molecule has 0 saturated carbocycles. The monoisotopic (exact) mass is 230 g/mol. The zero-order valence-corrected chi connectivity index (χ0v) is 10.3. The van der Waals surface area contributed by atoms with Crippen molar-refractivity contribution in [3.63, 3.8) is 0 Å². The summed E-state index contributed by atoms with van der Waals surface area (Å²) in [5.41, 5.74) is 4.54. The lowest BCUT2D eigenvalue weighted by Crippen LogP contribution is -2.48. The Kier molecular flexibility index (Phi) is 4.29. The van der Waals surface area contributed by atoms with E-state index in [1.807, 2.05) is 14.0 Å². The molecule has 1 aliphatic heterocycles. The van der Waals surface area contributed by atoms with Crippen LogP contribution in [0.3, 0.4) is 0 Å². The standard InChI is InChI=1S/C11H22N2O3/c1-8-9(4-7-16-8)13(3)6-5-11(2,12)10(14)15/h8-9H,4-7,12H2,1-3H3,(H,14,15). The Morgan fingerprint density at radius 3 is 2.75 bits per heavy atom. The van der Waals surface area contributed by atoms with Crippen LogP contribution in [0.25, 0.3) is 0 Å². The minimum atomic E-state index is -1.14. The van der Waals surface area contributed by atoms with Crippen molar-refractivity contribution in [3.8, 4) is 0 Å². The Morgan fingerprint density at radius 2 is 2.31 bits per heavy atom. The molecule has 3 N–H and O–H groups in total. The summed E-state index contributed by atoms with van der Waals surface area (Å²) in [4.78, 5) is 13.0. The van der Waals surface area contributed by atoms with E-state index in [2.05, 4.69) is 4.90 Å². The molecule has 1 rings (SSSR count). The van der Waals surface area contributed by atoms with Gasteiger partial charge in [-0.2, -0.15) is 0 Å². The van der Waals surface area contributed by atoms with Crippen LogP contribution in [0.4, 0.5) is 0 Å². The van der Waals surface area contributed by atoms with Crippen LogP contribution >= 0.6 is 0 Å². The van der Waals surface area contributed by atoms with E-state index in [1.165, 1.54) is 0 Å². The predicted molar refractivity (Wildman–Crippen MR) is 61.3 cm³/mol. The van der Waals surface area contributed by atoms with E-state index in [0.717, 1.165) is 13.0 Å². The molecule has 94 valence electrons. The number of likely N-dealkylation sites (N-methyl/N-ethyl adjacent to an activating group) is 1. The Morgan fingerprint density at radius 1 is 1.69 bits per heavy atom. The maximum Gasteiger partial charge on any atom is 0.323 e. The van der Waals surface area contributed by atoms with Crippen LogP contribution in [-0.4, -0.2) is 53.9 Å². The molecule has 0 radical (unpaired) electrons. The smallest absolute Gasteiger partial charge is 0.323 e. The number of aliphatic carboxylic acids is 1. The number of nitrogens with zero attached hydrogens (tertiary/aromatic N) is 1. The Labute approximate surface area is 96.6 Å². The number of carbonyl (C=O) groups is 1. The van der Waals surface area contributed by atoms with Gasteiger partial charge >= 0.3 is 5.97 Å². The van der Waals surface area contributed by atoms with Gasteiger partial charge in [-0.3, -0.25) is 4.79 Å². The molecular weight excluding hydrogens is 208 g/mol. The molecule has 0 aromatic heterocycles. The highest BCUT2D eigenvalue weighted by atomic mass is 16.5. The third kappa shape index (κ3) is 3.17. The second kappa shape index (κ2) is 5.12. The predicted octanol–water partition coefficient (Wildman–Crippen LogP) is 0.288. The van der Waals surface area contributed by atoms with Crippen molar-refractivity contribution in [1.82, 2.24) is 4.90 Å². The largest absolute Gasteiger partial charge is 0.480 e. The highest BCUT2D eigenvalue weighted by Crippen LogP contribution is 2.19. The molecule has 3 atom stereocenters.